The molecule has 0 aliphatic carbocycles. The number of anilines is 1. The largest absolute Gasteiger partial charge is 0.497 e. The first kappa shape index (κ1) is 15.6. The predicted octanol–water partition coefficient (Wildman–Crippen LogP) is 3.83. The minimum absolute atomic E-state index is 0.763. The van der Waals surface area contributed by atoms with Crippen LogP contribution < -0.4 is 14.8 Å². The normalized spacial score (nSPS) is 12.6. The van der Waals surface area contributed by atoms with Crippen molar-refractivity contribution in [2.75, 3.05) is 26.1 Å². The summed E-state index contributed by atoms with van der Waals surface area (Å²) in [5.41, 5.74) is 5.49. The molecule has 0 unspecified atom stereocenters. The van der Waals surface area contributed by atoms with Crippen LogP contribution in [0.4, 0.5) is 5.82 Å². The Kier molecular flexibility index (Phi) is 3.84. The minimum atomic E-state index is 0.763. The maximum Gasteiger partial charge on any atom is 0.133 e. The van der Waals surface area contributed by atoms with Crippen LogP contribution in [0.1, 0.15) is 11.1 Å². The molecule has 0 saturated carbocycles. The van der Waals surface area contributed by atoms with E-state index in [9.17, 15) is 0 Å². The van der Waals surface area contributed by atoms with Gasteiger partial charge in [0.25, 0.3) is 0 Å². The number of ether oxygens (including phenoxy) is 2. The summed E-state index contributed by atoms with van der Waals surface area (Å²) in [7, 11) is 3.33. The highest BCUT2D eigenvalue weighted by molar-refractivity contribution is 5.74. The highest BCUT2D eigenvalue weighted by atomic mass is 16.5. The zero-order chi connectivity index (χ0) is 17.4. The number of hydrogen-bond donors (Lipinski definition) is 1. The number of nitrogens with zero attached hydrogens (tertiary/aromatic N) is 2. The molecule has 0 radical (unpaired) electrons. The predicted molar refractivity (Wildman–Crippen MR) is 99.0 cm³/mol. The molecule has 1 aromatic heterocycles. The lowest BCUT2D eigenvalue weighted by molar-refractivity contribution is 0.394. The molecule has 0 saturated heterocycles. The van der Waals surface area contributed by atoms with E-state index in [1.165, 1.54) is 11.1 Å². The van der Waals surface area contributed by atoms with E-state index >= 15 is 0 Å². The summed E-state index contributed by atoms with van der Waals surface area (Å²) in [6.45, 7) is 3.03. The van der Waals surface area contributed by atoms with Crippen molar-refractivity contribution in [2.24, 2.45) is 0 Å². The number of aromatic nitrogens is 2. The van der Waals surface area contributed by atoms with E-state index in [0.717, 1.165) is 47.2 Å². The molecule has 0 atom stereocenters. The number of aryl methyl sites for hydroxylation is 1. The van der Waals surface area contributed by atoms with Crippen molar-refractivity contribution in [2.45, 2.75) is 13.3 Å². The monoisotopic (exact) mass is 335 g/mol. The van der Waals surface area contributed by atoms with Gasteiger partial charge < -0.3 is 14.8 Å². The number of benzene rings is 2. The second-order valence-corrected chi connectivity index (χ2v) is 6.15. The molecule has 2 aromatic carbocycles. The van der Waals surface area contributed by atoms with Crippen LogP contribution in [0.3, 0.4) is 0 Å². The molecule has 0 bridgehead atoms. The summed E-state index contributed by atoms with van der Waals surface area (Å²) in [6.07, 6.45) is 0.954. The van der Waals surface area contributed by atoms with E-state index in [1.807, 2.05) is 35.0 Å². The summed E-state index contributed by atoms with van der Waals surface area (Å²) >= 11 is 0. The second kappa shape index (κ2) is 6.16. The van der Waals surface area contributed by atoms with Crippen molar-refractivity contribution in [1.29, 1.82) is 0 Å². The number of nitrogens with one attached hydrogen (secondary N) is 1. The molecule has 25 heavy (non-hydrogen) atoms. The first-order valence-electron chi connectivity index (χ1n) is 8.36. The smallest absolute Gasteiger partial charge is 0.133 e. The molecule has 0 amide bonds. The molecular formula is C20H21N3O2. The first-order chi connectivity index (χ1) is 12.2. The Morgan fingerprint density at radius 2 is 1.76 bits per heavy atom. The Morgan fingerprint density at radius 3 is 2.44 bits per heavy atom. The van der Waals surface area contributed by atoms with Crippen LogP contribution in [-0.4, -0.2) is 30.5 Å². The van der Waals surface area contributed by atoms with Crippen LogP contribution in [-0.2, 0) is 6.42 Å². The third-order valence-corrected chi connectivity index (χ3v) is 4.62. The standard InChI is InChI=1S/C20H21N3O2/c1-13-6-4-5-7-18(13)23-20-17(8-9-21-20)19(22-23)14-10-15(24-2)12-16(11-14)25-3/h4-7,10-12,21H,8-9H2,1-3H3. The fourth-order valence-corrected chi connectivity index (χ4v) is 3.33. The fraction of sp³-hybridized carbons (Fsp3) is 0.250. The highest BCUT2D eigenvalue weighted by Gasteiger charge is 2.25. The van der Waals surface area contributed by atoms with Gasteiger partial charge in [-0.15, -0.1) is 0 Å². The molecule has 5 heteroatoms. The number of para-hydroxylation sites is 1. The van der Waals surface area contributed by atoms with Crippen molar-refractivity contribution in [1.82, 2.24) is 9.78 Å². The van der Waals surface area contributed by atoms with Crippen molar-refractivity contribution < 1.29 is 9.47 Å². The molecule has 0 spiro atoms. The summed E-state index contributed by atoms with van der Waals surface area (Å²) in [4.78, 5) is 0. The van der Waals surface area contributed by atoms with E-state index in [1.54, 1.807) is 14.2 Å². The van der Waals surface area contributed by atoms with E-state index in [2.05, 4.69) is 24.4 Å². The van der Waals surface area contributed by atoms with Crippen LogP contribution in [0.2, 0.25) is 0 Å². The summed E-state index contributed by atoms with van der Waals surface area (Å²) in [5.74, 6) is 2.60. The summed E-state index contributed by atoms with van der Waals surface area (Å²) < 4.78 is 12.8. The van der Waals surface area contributed by atoms with Crippen molar-refractivity contribution in [3.63, 3.8) is 0 Å². The number of methoxy groups -OCH3 is 2. The van der Waals surface area contributed by atoms with Crippen molar-refractivity contribution >= 4 is 5.82 Å². The molecular weight excluding hydrogens is 314 g/mol. The molecule has 3 aromatic rings. The Morgan fingerprint density at radius 1 is 1.04 bits per heavy atom. The quantitative estimate of drug-likeness (QED) is 0.787. The van der Waals surface area contributed by atoms with Gasteiger partial charge in [-0.05, 0) is 37.1 Å². The fourth-order valence-electron chi connectivity index (χ4n) is 3.33. The summed E-state index contributed by atoms with van der Waals surface area (Å²) in [6, 6.07) is 14.2. The Labute approximate surface area is 147 Å². The summed E-state index contributed by atoms with van der Waals surface area (Å²) in [5, 5.41) is 8.41. The van der Waals surface area contributed by atoms with Gasteiger partial charge in [0, 0.05) is 23.7 Å². The van der Waals surface area contributed by atoms with Crippen LogP contribution >= 0.6 is 0 Å². The van der Waals surface area contributed by atoms with Gasteiger partial charge in [0.05, 0.1) is 25.6 Å². The average molecular weight is 335 g/mol. The third-order valence-electron chi connectivity index (χ3n) is 4.62. The molecule has 1 aliphatic heterocycles. The van der Waals surface area contributed by atoms with E-state index in [4.69, 9.17) is 14.6 Å². The molecule has 5 nitrogen and oxygen atoms in total. The van der Waals surface area contributed by atoms with Crippen LogP contribution in [0.15, 0.2) is 42.5 Å². The highest BCUT2D eigenvalue weighted by Crippen LogP contribution is 2.37. The number of fused-ring (bicyclic) bond motifs is 1. The second-order valence-electron chi connectivity index (χ2n) is 6.15. The van der Waals surface area contributed by atoms with Crippen molar-refractivity contribution in [3.05, 3.63) is 53.6 Å². The average Bonchev–Trinajstić information content (AvgIpc) is 3.24. The van der Waals surface area contributed by atoms with Gasteiger partial charge in [-0.25, -0.2) is 4.68 Å². The van der Waals surface area contributed by atoms with Gasteiger partial charge in [0.1, 0.15) is 17.3 Å². The van der Waals surface area contributed by atoms with Gasteiger partial charge in [0.2, 0.25) is 0 Å². The maximum atomic E-state index is 5.42. The van der Waals surface area contributed by atoms with Crippen molar-refractivity contribution in [3.8, 4) is 28.4 Å². The third kappa shape index (κ3) is 2.61. The van der Waals surface area contributed by atoms with Gasteiger partial charge in [-0.3, -0.25) is 0 Å². The van der Waals surface area contributed by atoms with E-state index in [-0.39, 0.29) is 0 Å². The first-order valence-corrected chi connectivity index (χ1v) is 8.36. The van der Waals surface area contributed by atoms with Gasteiger partial charge in [0.15, 0.2) is 0 Å². The molecule has 1 aliphatic rings. The Bertz CT molecular complexity index is 908. The van der Waals surface area contributed by atoms with Crippen LogP contribution in [0.5, 0.6) is 11.5 Å². The molecule has 2 heterocycles. The van der Waals surface area contributed by atoms with Crippen LogP contribution in [0.25, 0.3) is 16.9 Å². The minimum Gasteiger partial charge on any atom is -0.497 e. The maximum absolute atomic E-state index is 5.42. The molecule has 4 rings (SSSR count). The lowest BCUT2D eigenvalue weighted by atomic mass is 10.1. The zero-order valence-corrected chi connectivity index (χ0v) is 14.7. The number of rotatable bonds is 4. The lowest BCUT2D eigenvalue weighted by Crippen LogP contribution is -2.05. The number of hydrogen-bond acceptors (Lipinski definition) is 4. The Hall–Kier alpha value is -2.95. The zero-order valence-electron chi connectivity index (χ0n) is 14.7. The topological polar surface area (TPSA) is 48.3 Å². The van der Waals surface area contributed by atoms with E-state index < -0.39 is 0 Å². The Balaban J connectivity index is 1.90. The molecule has 128 valence electrons. The van der Waals surface area contributed by atoms with Crippen LogP contribution in [0, 0.1) is 6.92 Å². The lowest BCUT2D eigenvalue weighted by Gasteiger charge is -2.09. The SMILES string of the molecule is COc1cc(OC)cc(-c2nn(-c3ccccc3C)c3c2CCN3)c1. The van der Waals surface area contributed by atoms with E-state index in [0.29, 0.717) is 0 Å². The molecule has 1 N–H and O–H groups in total. The molecule has 0 fully saturated rings. The van der Waals surface area contributed by atoms with Gasteiger partial charge in [-0.1, -0.05) is 18.2 Å². The van der Waals surface area contributed by atoms with Gasteiger partial charge >= 0.3 is 0 Å². The van der Waals surface area contributed by atoms with Gasteiger partial charge in [-0.2, -0.15) is 5.10 Å².